The summed E-state index contributed by atoms with van der Waals surface area (Å²) in [6, 6.07) is 15.0. The molecule has 15 heteroatoms. The molecule has 2 aliphatic rings. The van der Waals surface area contributed by atoms with E-state index in [-0.39, 0.29) is 53.0 Å². The third kappa shape index (κ3) is 5.42. The number of morpholine rings is 1. The van der Waals surface area contributed by atoms with E-state index in [0.29, 0.717) is 44.1 Å². The maximum atomic E-state index is 13.4. The van der Waals surface area contributed by atoms with E-state index < -0.39 is 20.0 Å². The first-order valence-corrected chi connectivity index (χ1v) is 16.2. The van der Waals surface area contributed by atoms with Gasteiger partial charge in [0.25, 0.3) is 5.56 Å². The largest absolute Gasteiger partial charge is 0.379 e. The molecule has 2 aromatic carbocycles. The number of sulfonamides is 2. The minimum absolute atomic E-state index is 0.0284. The van der Waals surface area contributed by atoms with Gasteiger partial charge in [-0.15, -0.1) is 5.10 Å². The monoisotopic (exact) mass is 599 g/mol. The Kier molecular flexibility index (Phi) is 7.46. The standard InChI is InChI=1S/C26H29N7O6S2/c34-26-23-25(33(30-29-23)18-19-4-2-1-3-5-19)27-24(28-26)20-10-12-31(13-11-20)40(35,36)21-6-8-22(9-7-21)41(37,38)32-14-16-39-17-15-32/h1-9,20H,10-18H2,(H,27,28,34). The SMILES string of the molecule is O=c1[nH]c(C2CCN(S(=O)(=O)c3ccc(S(=O)(=O)N4CCOCC4)cc3)CC2)nc2c1nnn2Cc1ccccc1. The molecule has 0 unspecified atom stereocenters. The second-order valence-corrected chi connectivity index (χ2v) is 13.9. The highest BCUT2D eigenvalue weighted by molar-refractivity contribution is 7.89. The lowest BCUT2D eigenvalue weighted by molar-refractivity contribution is 0.0730. The lowest BCUT2D eigenvalue weighted by Crippen LogP contribution is -2.40. The van der Waals surface area contributed by atoms with Gasteiger partial charge in [0.05, 0.1) is 29.5 Å². The molecule has 0 atom stereocenters. The fourth-order valence-electron chi connectivity index (χ4n) is 5.18. The lowest BCUT2D eigenvalue weighted by atomic mass is 9.97. The van der Waals surface area contributed by atoms with Crippen LogP contribution in [0.5, 0.6) is 0 Å². The molecule has 0 amide bonds. The molecular weight excluding hydrogens is 570 g/mol. The fraction of sp³-hybridized carbons (Fsp3) is 0.385. The maximum absolute atomic E-state index is 13.4. The van der Waals surface area contributed by atoms with Gasteiger partial charge < -0.3 is 9.72 Å². The van der Waals surface area contributed by atoms with Crippen LogP contribution in [0.4, 0.5) is 0 Å². The molecule has 4 aromatic rings. The fourth-order valence-corrected chi connectivity index (χ4v) is 8.06. The summed E-state index contributed by atoms with van der Waals surface area (Å²) in [4.78, 5) is 20.3. The Morgan fingerprint density at radius 3 is 2.02 bits per heavy atom. The summed E-state index contributed by atoms with van der Waals surface area (Å²) in [5.74, 6) is 0.327. The Balaban J connectivity index is 1.16. The number of piperidine rings is 1. The average Bonchev–Trinajstić information content (AvgIpc) is 3.41. The number of aromatic nitrogens is 5. The van der Waals surface area contributed by atoms with E-state index in [2.05, 4.69) is 20.3 Å². The zero-order valence-electron chi connectivity index (χ0n) is 22.1. The van der Waals surface area contributed by atoms with Gasteiger partial charge in [0.1, 0.15) is 5.82 Å². The van der Waals surface area contributed by atoms with E-state index >= 15 is 0 Å². The van der Waals surface area contributed by atoms with Crippen LogP contribution in [0.15, 0.2) is 69.2 Å². The molecule has 2 aliphatic heterocycles. The summed E-state index contributed by atoms with van der Waals surface area (Å²) in [7, 11) is -7.57. The Morgan fingerprint density at radius 2 is 1.41 bits per heavy atom. The zero-order chi connectivity index (χ0) is 28.6. The first kappa shape index (κ1) is 27.7. The van der Waals surface area contributed by atoms with E-state index in [4.69, 9.17) is 4.74 Å². The predicted octanol–water partition coefficient (Wildman–Crippen LogP) is 1.15. The highest BCUT2D eigenvalue weighted by Gasteiger charge is 2.32. The minimum Gasteiger partial charge on any atom is -0.379 e. The highest BCUT2D eigenvalue weighted by atomic mass is 32.2. The molecule has 41 heavy (non-hydrogen) atoms. The Bertz CT molecular complexity index is 1810. The third-order valence-electron chi connectivity index (χ3n) is 7.48. The molecule has 13 nitrogen and oxygen atoms in total. The molecule has 0 aliphatic carbocycles. The Hall–Kier alpha value is -3.50. The molecule has 0 radical (unpaired) electrons. The average molecular weight is 600 g/mol. The van der Waals surface area contributed by atoms with Gasteiger partial charge in [-0.05, 0) is 42.7 Å². The van der Waals surface area contributed by atoms with Crippen LogP contribution in [-0.2, 0) is 31.3 Å². The summed E-state index contributed by atoms with van der Waals surface area (Å²) < 4.78 is 62.0. The van der Waals surface area contributed by atoms with Gasteiger partial charge in [0.2, 0.25) is 20.0 Å². The second-order valence-electron chi connectivity index (χ2n) is 10.0. The van der Waals surface area contributed by atoms with E-state index in [1.54, 1.807) is 4.68 Å². The van der Waals surface area contributed by atoms with Crippen molar-refractivity contribution in [1.82, 2.24) is 33.6 Å². The summed E-state index contributed by atoms with van der Waals surface area (Å²) in [5, 5.41) is 8.11. The van der Waals surface area contributed by atoms with Crippen molar-refractivity contribution in [2.75, 3.05) is 39.4 Å². The van der Waals surface area contributed by atoms with Crippen LogP contribution in [0.3, 0.4) is 0 Å². The quantitative estimate of drug-likeness (QED) is 0.329. The first-order valence-electron chi connectivity index (χ1n) is 13.3. The van der Waals surface area contributed by atoms with Crippen LogP contribution < -0.4 is 5.56 Å². The number of hydrogen-bond acceptors (Lipinski definition) is 9. The number of H-pyrrole nitrogens is 1. The molecular formula is C26H29N7O6S2. The Morgan fingerprint density at radius 1 is 0.829 bits per heavy atom. The van der Waals surface area contributed by atoms with Gasteiger partial charge in [-0.25, -0.2) is 26.5 Å². The van der Waals surface area contributed by atoms with Crippen LogP contribution in [0.25, 0.3) is 11.2 Å². The van der Waals surface area contributed by atoms with Crippen LogP contribution in [0, 0.1) is 0 Å². The second kappa shape index (κ2) is 11.1. The molecule has 2 aromatic heterocycles. The summed E-state index contributed by atoms with van der Waals surface area (Å²) in [5.41, 5.74) is 1.15. The van der Waals surface area contributed by atoms with Gasteiger partial charge in [0, 0.05) is 32.1 Å². The minimum atomic E-state index is -3.84. The van der Waals surface area contributed by atoms with Gasteiger partial charge in [-0.1, -0.05) is 35.5 Å². The molecule has 0 bridgehead atoms. The molecule has 2 saturated heterocycles. The Labute approximate surface area is 236 Å². The predicted molar refractivity (Wildman–Crippen MR) is 148 cm³/mol. The number of rotatable bonds is 7. The van der Waals surface area contributed by atoms with E-state index in [1.165, 1.54) is 32.9 Å². The molecule has 0 spiro atoms. The van der Waals surface area contributed by atoms with Crippen molar-refractivity contribution in [1.29, 1.82) is 0 Å². The number of benzene rings is 2. The van der Waals surface area contributed by atoms with Crippen molar-refractivity contribution < 1.29 is 21.6 Å². The number of fused-ring (bicyclic) bond motifs is 1. The molecule has 6 rings (SSSR count). The van der Waals surface area contributed by atoms with Crippen LogP contribution in [0.1, 0.15) is 30.1 Å². The van der Waals surface area contributed by atoms with Crippen LogP contribution in [0.2, 0.25) is 0 Å². The molecule has 0 saturated carbocycles. The van der Waals surface area contributed by atoms with E-state index in [0.717, 1.165) is 5.56 Å². The number of aromatic amines is 1. The van der Waals surface area contributed by atoms with E-state index in [9.17, 15) is 21.6 Å². The topological polar surface area (TPSA) is 160 Å². The van der Waals surface area contributed by atoms with Gasteiger partial charge in [-0.3, -0.25) is 4.79 Å². The van der Waals surface area contributed by atoms with Gasteiger partial charge in [0.15, 0.2) is 11.2 Å². The normalized spacial score (nSPS) is 18.1. The molecule has 4 heterocycles. The smallest absolute Gasteiger partial charge is 0.281 e. The summed E-state index contributed by atoms with van der Waals surface area (Å²) in [6.45, 7) is 2.04. The first-order chi connectivity index (χ1) is 19.7. The van der Waals surface area contributed by atoms with Crippen molar-refractivity contribution >= 4 is 31.2 Å². The molecule has 2 fully saturated rings. The van der Waals surface area contributed by atoms with E-state index in [1.807, 2.05) is 30.3 Å². The van der Waals surface area contributed by atoms with Gasteiger partial charge in [-0.2, -0.15) is 8.61 Å². The van der Waals surface area contributed by atoms with Crippen molar-refractivity contribution in [2.45, 2.75) is 35.1 Å². The van der Waals surface area contributed by atoms with Crippen molar-refractivity contribution in [3.05, 3.63) is 76.3 Å². The van der Waals surface area contributed by atoms with Crippen molar-refractivity contribution in [3.63, 3.8) is 0 Å². The third-order valence-corrected chi connectivity index (χ3v) is 11.3. The number of hydrogen-bond donors (Lipinski definition) is 1. The van der Waals surface area contributed by atoms with Crippen LogP contribution in [-0.4, -0.2) is 89.8 Å². The van der Waals surface area contributed by atoms with Crippen molar-refractivity contribution in [2.24, 2.45) is 0 Å². The molecule has 1 N–H and O–H groups in total. The zero-order valence-corrected chi connectivity index (χ0v) is 23.7. The maximum Gasteiger partial charge on any atom is 0.281 e. The molecule has 216 valence electrons. The van der Waals surface area contributed by atoms with Crippen LogP contribution >= 0.6 is 0 Å². The summed E-state index contributed by atoms with van der Waals surface area (Å²) in [6.07, 6.45) is 0.912. The summed E-state index contributed by atoms with van der Waals surface area (Å²) >= 11 is 0. The number of ether oxygens (including phenoxy) is 1. The highest BCUT2D eigenvalue weighted by Crippen LogP contribution is 2.30. The lowest BCUT2D eigenvalue weighted by Gasteiger charge is -2.30. The number of nitrogens with zero attached hydrogens (tertiary/aromatic N) is 6. The number of nitrogens with one attached hydrogen (secondary N) is 1. The van der Waals surface area contributed by atoms with Gasteiger partial charge >= 0.3 is 0 Å². The van der Waals surface area contributed by atoms with Crippen molar-refractivity contribution in [3.8, 4) is 0 Å².